The molecule has 0 aliphatic carbocycles. The summed E-state index contributed by atoms with van der Waals surface area (Å²) in [6.45, 7) is 0. The molecule has 0 heterocycles. The third-order valence-corrected chi connectivity index (χ3v) is 0. The summed E-state index contributed by atoms with van der Waals surface area (Å²) in [5.41, 5.74) is 0. The highest BCUT2D eigenvalue weighted by Gasteiger charge is 1.96. The third-order valence-electron chi connectivity index (χ3n) is 0. The largest absolute Gasteiger partial charge is 0.599 e. The van der Waals surface area contributed by atoms with Gasteiger partial charge in [0, 0.05) is 0 Å². The second-order valence-electron chi connectivity index (χ2n) is 0.247. The van der Waals surface area contributed by atoms with E-state index in [9.17, 15) is 12.3 Å². The van der Waals surface area contributed by atoms with Crippen LogP contribution in [-0.4, -0.2) is 9.80 Å². The fourth-order valence-corrected chi connectivity index (χ4v) is 0. The van der Waals surface area contributed by atoms with Gasteiger partial charge in [0.1, 0.15) is 0 Å². The van der Waals surface area contributed by atoms with Crippen LogP contribution in [0.4, 0.5) is 12.3 Å². The van der Waals surface area contributed by atoms with Crippen LogP contribution < -0.4 is 0 Å². The summed E-state index contributed by atoms with van der Waals surface area (Å²) in [5.74, 6) is 0. The van der Waals surface area contributed by atoms with Crippen LogP contribution in [0.2, 0.25) is 0 Å². The summed E-state index contributed by atoms with van der Waals surface area (Å²) in [6.07, 6.45) is 0. The Balaban J connectivity index is 2.32. The Kier molecular flexibility index (Phi) is 1.34. The maximum absolute atomic E-state index is 9.81. The Morgan fingerprint density at radius 1 is 1.00 bits per heavy atom. The molecule has 0 saturated heterocycles. The van der Waals surface area contributed by atoms with Crippen LogP contribution in [0.5, 0.6) is 0 Å². The van der Waals surface area contributed by atoms with E-state index >= 15 is 0 Å². The molecule has 0 bridgehead atoms. The van der Waals surface area contributed by atoms with Gasteiger partial charge < -0.3 is 0 Å². The molecule has 0 aromatic rings. The van der Waals surface area contributed by atoms with Gasteiger partial charge >= 0.3 is 9.80 Å². The fraction of sp³-hybridized carbons (Fsp3) is 0. The molecule has 4 heavy (non-hydrogen) atoms. The normalized spacial score (nSPS) is 9.00. The molecular weight excluding hydrogens is 85.1 g/mol. The number of hydrogen-bond donors (Lipinski definition) is 0. The molecule has 0 fully saturated rings. The number of hydrogen-bond acceptors (Lipinski definition) is 0. The SMILES string of the molecule is F[SiH](F)F. The first-order chi connectivity index (χ1) is 1.73. The monoisotopic (exact) mass is 86.0 g/mol. The van der Waals surface area contributed by atoms with Crippen molar-refractivity contribution in [2.75, 3.05) is 0 Å². The van der Waals surface area contributed by atoms with E-state index < -0.39 is 9.80 Å². The molecule has 0 aliphatic rings. The lowest BCUT2D eigenvalue weighted by molar-refractivity contribution is 0.535. The van der Waals surface area contributed by atoms with Crippen molar-refractivity contribution in [3.8, 4) is 0 Å². The molecule has 26 valence electrons. The van der Waals surface area contributed by atoms with Crippen molar-refractivity contribution in [1.29, 1.82) is 0 Å². The van der Waals surface area contributed by atoms with E-state index in [0.29, 0.717) is 0 Å². The molecule has 0 unspecified atom stereocenters. The van der Waals surface area contributed by atoms with Crippen LogP contribution in [0, 0.1) is 0 Å². The molecule has 4 heteroatoms. The highest BCUT2D eigenvalue weighted by Crippen LogP contribution is 1.80. The van der Waals surface area contributed by atoms with Crippen LogP contribution in [0.1, 0.15) is 0 Å². The second kappa shape index (κ2) is 1.34. The van der Waals surface area contributed by atoms with Crippen molar-refractivity contribution in [2.24, 2.45) is 0 Å². The molecule has 0 spiro atoms. The average Bonchev–Trinajstić information content (AvgIpc) is 0.811. The standard InChI is InChI=1S/F3HSi/c1-4(2)3/h4H. The fourth-order valence-electron chi connectivity index (χ4n) is 0. The summed E-state index contributed by atoms with van der Waals surface area (Å²) in [5, 5.41) is 0. The van der Waals surface area contributed by atoms with Gasteiger partial charge in [-0.3, -0.25) is 0 Å². The lowest BCUT2D eigenvalue weighted by Gasteiger charge is -1.60. The molecule has 0 rings (SSSR count). The molecule has 0 atom stereocenters. The molecule has 0 nitrogen and oxygen atoms in total. The smallest absolute Gasteiger partial charge is 0.240 e. The van der Waals surface area contributed by atoms with E-state index in [1.807, 2.05) is 0 Å². The predicted octanol–water partition coefficient (Wildman–Crippen LogP) is 0.612. The Morgan fingerprint density at radius 2 is 1.00 bits per heavy atom. The van der Waals surface area contributed by atoms with Crippen LogP contribution in [0.15, 0.2) is 0 Å². The van der Waals surface area contributed by atoms with Gasteiger partial charge in [0.2, 0.25) is 0 Å². The van der Waals surface area contributed by atoms with Gasteiger partial charge in [-0.05, 0) is 0 Å². The van der Waals surface area contributed by atoms with Crippen molar-refractivity contribution >= 4 is 9.80 Å². The molecule has 0 amide bonds. The van der Waals surface area contributed by atoms with Crippen LogP contribution in [0.25, 0.3) is 0 Å². The lowest BCUT2D eigenvalue weighted by Crippen LogP contribution is -1.76. The molecule has 0 aliphatic heterocycles. The van der Waals surface area contributed by atoms with Gasteiger partial charge in [0.05, 0.1) is 0 Å². The maximum Gasteiger partial charge on any atom is 0.599 e. The van der Waals surface area contributed by atoms with Crippen LogP contribution in [0.3, 0.4) is 0 Å². The minimum Gasteiger partial charge on any atom is -0.240 e. The first kappa shape index (κ1) is 4.01. The first-order valence-electron chi connectivity index (χ1n) is 0.655. The van der Waals surface area contributed by atoms with Crippen LogP contribution in [-0.2, 0) is 0 Å². The quantitative estimate of drug-likeness (QED) is 0.299. The summed E-state index contributed by atoms with van der Waals surface area (Å²) in [7, 11) is -4.64. The van der Waals surface area contributed by atoms with Gasteiger partial charge in [-0.2, -0.15) is 0 Å². The zero-order valence-corrected chi connectivity index (χ0v) is 2.87. The summed E-state index contributed by atoms with van der Waals surface area (Å²) < 4.78 is 29.4. The third kappa shape index (κ3) is 42900. The minimum atomic E-state index is -4.64. The van der Waals surface area contributed by atoms with Crippen molar-refractivity contribution in [3.05, 3.63) is 0 Å². The Labute approximate surface area is 23.4 Å². The minimum absolute atomic E-state index is 4.64. The topological polar surface area (TPSA) is 0 Å². The van der Waals surface area contributed by atoms with E-state index in [2.05, 4.69) is 0 Å². The molecule has 0 radical (unpaired) electrons. The van der Waals surface area contributed by atoms with Gasteiger partial charge in [0.15, 0.2) is 0 Å². The predicted molar refractivity (Wildman–Crippen MR) is 10.5 cm³/mol. The molecule has 0 aromatic heterocycles. The molecular formula is HF3Si. The average molecular weight is 86.1 g/mol. The molecule has 0 N–H and O–H groups in total. The van der Waals surface area contributed by atoms with Gasteiger partial charge in [0.25, 0.3) is 0 Å². The first-order valence-corrected chi connectivity index (χ1v) is 1.96. The maximum atomic E-state index is 9.81. The highest BCUT2D eigenvalue weighted by atomic mass is 28.4. The van der Waals surface area contributed by atoms with E-state index in [1.165, 1.54) is 0 Å². The van der Waals surface area contributed by atoms with Crippen molar-refractivity contribution in [1.82, 2.24) is 0 Å². The summed E-state index contributed by atoms with van der Waals surface area (Å²) in [4.78, 5) is 0. The van der Waals surface area contributed by atoms with Crippen LogP contribution >= 0.6 is 0 Å². The number of rotatable bonds is 0. The van der Waals surface area contributed by atoms with Crippen molar-refractivity contribution < 1.29 is 12.3 Å². The van der Waals surface area contributed by atoms with E-state index in [4.69, 9.17) is 0 Å². The summed E-state index contributed by atoms with van der Waals surface area (Å²) >= 11 is 0. The zero-order valence-electron chi connectivity index (χ0n) is 1.71. The van der Waals surface area contributed by atoms with Gasteiger partial charge in [-0.25, -0.2) is 12.3 Å². The lowest BCUT2D eigenvalue weighted by atomic mass is 18.7. The van der Waals surface area contributed by atoms with Gasteiger partial charge in [-0.15, -0.1) is 0 Å². The van der Waals surface area contributed by atoms with Crippen molar-refractivity contribution in [3.63, 3.8) is 0 Å². The zero-order chi connectivity index (χ0) is 3.58. The molecule has 0 aromatic carbocycles. The van der Waals surface area contributed by atoms with Gasteiger partial charge in [-0.1, -0.05) is 0 Å². The van der Waals surface area contributed by atoms with E-state index in [0.717, 1.165) is 0 Å². The Morgan fingerprint density at radius 3 is 1.00 bits per heavy atom. The van der Waals surface area contributed by atoms with E-state index in [-0.39, 0.29) is 0 Å². The Hall–Kier alpha value is 0.00688. The van der Waals surface area contributed by atoms with E-state index in [1.54, 1.807) is 0 Å². The molecule has 0 saturated carbocycles. The van der Waals surface area contributed by atoms with Crippen molar-refractivity contribution in [2.45, 2.75) is 0 Å². The highest BCUT2D eigenvalue weighted by molar-refractivity contribution is 6.33. The number of halogens is 3. The summed E-state index contributed by atoms with van der Waals surface area (Å²) in [6, 6.07) is 0. The second-order valence-corrected chi connectivity index (χ2v) is 0.742. The Bertz CT molecular complexity index is 8.00.